The van der Waals surface area contributed by atoms with Crippen molar-refractivity contribution in [2.24, 2.45) is 0 Å². The molecule has 0 aliphatic carbocycles. The molecule has 1 aromatic rings. The first-order valence-electron chi connectivity index (χ1n) is 8.44. The van der Waals surface area contributed by atoms with Gasteiger partial charge >= 0.3 is 0 Å². The lowest BCUT2D eigenvalue weighted by molar-refractivity contribution is -0.144. The third-order valence-corrected chi connectivity index (χ3v) is 5.04. The second-order valence-corrected chi connectivity index (χ2v) is 6.56. The highest BCUT2D eigenvalue weighted by Gasteiger charge is 2.38. The van der Waals surface area contributed by atoms with E-state index in [-0.39, 0.29) is 17.9 Å². The van der Waals surface area contributed by atoms with Gasteiger partial charge in [0.25, 0.3) is 0 Å². The summed E-state index contributed by atoms with van der Waals surface area (Å²) in [5.74, 6) is 1.23. The number of nitriles is 1. The molecule has 128 valence electrons. The Labute approximate surface area is 143 Å². The van der Waals surface area contributed by atoms with Crippen LogP contribution >= 0.6 is 0 Å². The highest BCUT2D eigenvalue weighted by Crippen LogP contribution is 2.24. The Hall–Kier alpha value is -2.26. The van der Waals surface area contributed by atoms with E-state index < -0.39 is 0 Å². The molecule has 2 atom stereocenters. The van der Waals surface area contributed by atoms with Crippen LogP contribution in [-0.2, 0) is 4.79 Å². The number of hydrogen-bond acceptors (Lipinski definition) is 5. The number of fused-ring (bicyclic) bond motifs is 1. The van der Waals surface area contributed by atoms with E-state index in [1.54, 1.807) is 12.0 Å². The van der Waals surface area contributed by atoms with E-state index in [9.17, 15) is 4.79 Å². The molecule has 0 bridgehead atoms. The first kappa shape index (κ1) is 16.6. The van der Waals surface area contributed by atoms with Crippen LogP contribution in [0.2, 0.25) is 0 Å². The Morgan fingerprint density at radius 2 is 2.12 bits per heavy atom. The Kier molecular flexibility index (Phi) is 4.91. The van der Waals surface area contributed by atoms with Crippen molar-refractivity contribution in [3.63, 3.8) is 0 Å². The van der Waals surface area contributed by atoms with Gasteiger partial charge in [-0.05, 0) is 23.6 Å². The molecule has 1 aromatic carbocycles. The Balaban J connectivity index is 1.67. The summed E-state index contributed by atoms with van der Waals surface area (Å²) in [5.41, 5.74) is 1.17. The summed E-state index contributed by atoms with van der Waals surface area (Å²) in [6, 6.07) is 7.84. The van der Waals surface area contributed by atoms with Crippen molar-refractivity contribution in [3.8, 4) is 11.9 Å². The lowest BCUT2D eigenvalue weighted by Crippen LogP contribution is -2.64. The van der Waals surface area contributed by atoms with Crippen LogP contribution in [0.5, 0.6) is 5.75 Å². The van der Waals surface area contributed by atoms with Gasteiger partial charge in [-0.15, -0.1) is 0 Å². The molecule has 0 spiro atoms. The molecule has 0 aromatic heterocycles. The third-order valence-electron chi connectivity index (χ3n) is 5.04. The van der Waals surface area contributed by atoms with Crippen LogP contribution in [0.1, 0.15) is 18.4 Å². The second kappa shape index (κ2) is 7.10. The van der Waals surface area contributed by atoms with Crippen LogP contribution in [-0.4, -0.2) is 73.0 Å². The number of nitrogens with zero attached hydrogens (tertiary/aromatic N) is 4. The van der Waals surface area contributed by atoms with Crippen molar-refractivity contribution < 1.29 is 9.53 Å². The predicted octanol–water partition coefficient (Wildman–Crippen LogP) is 1.11. The first-order chi connectivity index (χ1) is 11.6. The number of ether oxygens (including phenoxy) is 1. The highest BCUT2D eigenvalue weighted by atomic mass is 16.5. The zero-order chi connectivity index (χ0) is 17.1. The molecule has 3 rings (SSSR count). The molecule has 2 aliphatic heterocycles. The van der Waals surface area contributed by atoms with Crippen molar-refractivity contribution in [1.82, 2.24) is 14.7 Å². The molecule has 2 fully saturated rings. The van der Waals surface area contributed by atoms with Crippen molar-refractivity contribution >= 4 is 5.91 Å². The first-order valence-corrected chi connectivity index (χ1v) is 8.44. The maximum atomic E-state index is 12.8. The van der Waals surface area contributed by atoms with Crippen LogP contribution in [0.3, 0.4) is 0 Å². The van der Waals surface area contributed by atoms with E-state index >= 15 is 0 Å². The molecular weight excluding hydrogens is 304 g/mol. The molecule has 2 heterocycles. The fraction of sp³-hybridized carbons (Fsp3) is 0.556. The standard InChI is InChI=1S/C18H24N4O2/c1-14(15-4-3-5-16(10-15)24-2)11-22-9-8-21-7-6-20(13-19)12-17(21)18(22)23/h3-5,10,14,17H,6-9,11-12H2,1-2H3/t14?,17-/m1/s1. The summed E-state index contributed by atoms with van der Waals surface area (Å²) in [6.45, 7) is 6.51. The van der Waals surface area contributed by atoms with Crippen LogP contribution in [0, 0.1) is 11.5 Å². The molecule has 2 aliphatic rings. The van der Waals surface area contributed by atoms with E-state index in [4.69, 9.17) is 10.00 Å². The maximum absolute atomic E-state index is 12.8. The number of rotatable bonds is 4. The lowest BCUT2D eigenvalue weighted by Gasteiger charge is -2.45. The van der Waals surface area contributed by atoms with Crippen molar-refractivity contribution in [2.45, 2.75) is 18.9 Å². The number of piperazine rings is 2. The van der Waals surface area contributed by atoms with Crippen LogP contribution in [0.4, 0.5) is 0 Å². The van der Waals surface area contributed by atoms with Gasteiger partial charge in [-0.3, -0.25) is 9.69 Å². The summed E-state index contributed by atoms with van der Waals surface area (Å²) >= 11 is 0. The smallest absolute Gasteiger partial charge is 0.241 e. The Bertz CT molecular complexity index is 642. The largest absolute Gasteiger partial charge is 0.497 e. The molecule has 0 saturated carbocycles. The summed E-state index contributed by atoms with van der Waals surface area (Å²) in [4.78, 5) is 18.7. The van der Waals surface area contributed by atoms with Crippen molar-refractivity contribution in [1.29, 1.82) is 5.26 Å². The minimum Gasteiger partial charge on any atom is -0.497 e. The molecule has 6 nitrogen and oxygen atoms in total. The summed E-state index contributed by atoms with van der Waals surface area (Å²) in [7, 11) is 1.66. The number of carbonyl (C=O) groups excluding carboxylic acids is 1. The minimum atomic E-state index is -0.176. The number of methoxy groups -OCH3 is 1. The van der Waals surface area contributed by atoms with Gasteiger partial charge in [-0.1, -0.05) is 19.1 Å². The van der Waals surface area contributed by atoms with Crippen molar-refractivity contribution in [2.75, 3.05) is 46.4 Å². The van der Waals surface area contributed by atoms with Gasteiger partial charge < -0.3 is 14.5 Å². The summed E-state index contributed by atoms with van der Waals surface area (Å²) in [6.07, 6.45) is 2.17. The molecule has 24 heavy (non-hydrogen) atoms. The Morgan fingerprint density at radius 3 is 2.88 bits per heavy atom. The van der Waals surface area contributed by atoms with E-state index in [1.807, 2.05) is 23.1 Å². The molecule has 2 saturated heterocycles. The topological polar surface area (TPSA) is 59.8 Å². The number of benzene rings is 1. The fourth-order valence-electron chi connectivity index (χ4n) is 3.55. The molecule has 1 amide bonds. The molecule has 6 heteroatoms. The minimum absolute atomic E-state index is 0.149. The highest BCUT2D eigenvalue weighted by molar-refractivity contribution is 5.83. The molecule has 1 unspecified atom stereocenters. The van der Waals surface area contributed by atoms with Gasteiger partial charge in [-0.2, -0.15) is 5.26 Å². The van der Waals surface area contributed by atoms with Gasteiger partial charge in [0.1, 0.15) is 11.8 Å². The normalized spacial score (nSPS) is 22.7. The van der Waals surface area contributed by atoms with E-state index in [1.165, 1.54) is 5.56 Å². The van der Waals surface area contributed by atoms with Gasteiger partial charge in [-0.25, -0.2) is 0 Å². The maximum Gasteiger partial charge on any atom is 0.241 e. The molecule has 0 radical (unpaired) electrons. The number of hydrogen-bond donors (Lipinski definition) is 0. The van der Waals surface area contributed by atoms with E-state index in [0.29, 0.717) is 13.1 Å². The average molecular weight is 328 g/mol. The SMILES string of the molecule is COc1cccc(C(C)CN2CCN3CCN(C#N)C[C@@H]3C2=O)c1. The monoisotopic (exact) mass is 328 g/mol. The lowest BCUT2D eigenvalue weighted by atomic mass is 9.99. The molecular formula is C18H24N4O2. The molecule has 0 N–H and O–H groups in total. The Morgan fingerprint density at radius 1 is 1.33 bits per heavy atom. The van der Waals surface area contributed by atoms with Gasteiger partial charge in [0.15, 0.2) is 6.19 Å². The predicted molar refractivity (Wildman–Crippen MR) is 90.5 cm³/mol. The van der Waals surface area contributed by atoms with E-state index in [0.717, 1.165) is 31.9 Å². The van der Waals surface area contributed by atoms with Crippen LogP contribution in [0.25, 0.3) is 0 Å². The van der Waals surface area contributed by atoms with Gasteiger partial charge in [0, 0.05) is 32.7 Å². The van der Waals surface area contributed by atoms with Crippen LogP contribution < -0.4 is 4.74 Å². The quantitative estimate of drug-likeness (QED) is 0.775. The zero-order valence-electron chi connectivity index (χ0n) is 14.3. The van der Waals surface area contributed by atoms with Gasteiger partial charge in [0.05, 0.1) is 13.7 Å². The average Bonchev–Trinajstić information content (AvgIpc) is 2.63. The number of amides is 1. The summed E-state index contributed by atoms with van der Waals surface area (Å²) in [5, 5.41) is 9.10. The third kappa shape index (κ3) is 3.31. The van der Waals surface area contributed by atoms with Crippen LogP contribution in [0.15, 0.2) is 24.3 Å². The second-order valence-electron chi connectivity index (χ2n) is 6.56. The van der Waals surface area contributed by atoms with Gasteiger partial charge in [0.2, 0.25) is 5.91 Å². The number of carbonyl (C=O) groups is 1. The van der Waals surface area contributed by atoms with E-state index in [2.05, 4.69) is 24.1 Å². The van der Waals surface area contributed by atoms with Crippen molar-refractivity contribution in [3.05, 3.63) is 29.8 Å². The summed E-state index contributed by atoms with van der Waals surface area (Å²) < 4.78 is 5.29. The fourth-order valence-corrected chi connectivity index (χ4v) is 3.55. The zero-order valence-corrected chi connectivity index (χ0v) is 14.3.